The molecule has 0 saturated heterocycles. The average molecular weight is 483 g/mol. The van der Waals surface area contributed by atoms with Crippen molar-refractivity contribution in [2.24, 2.45) is 0 Å². The Balaban J connectivity index is 1.63. The minimum atomic E-state index is -0.960. The van der Waals surface area contributed by atoms with Crippen LogP contribution in [0.25, 0.3) is 22.3 Å². The van der Waals surface area contributed by atoms with Crippen LogP contribution in [-0.4, -0.2) is 6.61 Å². The topological polar surface area (TPSA) is 9.23 Å². The summed E-state index contributed by atoms with van der Waals surface area (Å²) >= 11 is 0. The minimum Gasteiger partial charge on any atom is -0.490 e. The highest BCUT2D eigenvalue weighted by atomic mass is 19.2. The second kappa shape index (κ2) is 14.0. The number of benzene rings is 3. The molecule has 0 bridgehead atoms. The van der Waals surface area contributed by atoms with Crippen molar-refractivity contribution >= 4 is 0 Å². The van der Waals surface area contributed by atoms with Gasteiger partial charge in [-0.2, -0.15) is 4.39 Å². The number of unbranched alkanes of at least 4 members (excludes halogenated alkanes) is 7. The van der Waals surface area contributed by atoms with Crippen molar-refractivity contribution < 1.29 is 17.9 Å². The van der Waals surface area contributed by atoms with E-state index in [1.165, 1.54) is 25.3 Å². The van der Waals surface area contributed by atoms with Crippen LogP contribution < -0.4 is 4.74 Å². The maximum atomic E-state index is 14.8. The van der Waals surface area contributed by atoms with E-state index >= 15 is 0 Å². The van der Waals surface area contributed by atoms with Gasteiger partial charge >= 0.3 is 0 Å². The molecule has 0 aromatic heterocycles. The van der Waals surface area contributed by atoms with Crippen LogP contribution in [0.1, 0.15) is 77.2 Å². The first kappa shape index (κ1) is 26.8. The summed E-state index contributed by atoms with van der Waals surface area (Å²) in [6.07, 6.45) is 10.5. The number of rotatable bonds is 14. The van der Waals surface area contributed by atoms with Gasteiger partial charge in [0.05, 0.1) is 6.61 Å². The van der Waals surface area contributed by atoms with Gasteiger partial charge in [0.15, 0.2) is 11.6 Å². The Morgan fingerprint density at radius 3 is 1.94 bits per heavy atom. The Morgan fingerprint density at radius 1 is 0.600 bits per heavy atom. The molecule has 0 aliphatic heterocycles. The van der Waals surface area contributed by atoms with Gasteiger partial charge < -0.3 is 4.74 Å². The van der Waals surface area contributed by atoms with Crippen molar-refractivity contribution in [2.45, 2.75) is 78.1 Å². The number of halogens is 3. The van der Waals surface area contributed by atoms with Crippen molar-refractivity contribution in [3.8, 4) is 28.0 Å². The fourth-order valence-corrected chi connectivity index (χ4v) is 4.27. The van der Waals surface area contributed by atoms with E-state index in [0.717, 1.165) is 61.6 Å². The van der Waals surface area contributed by atoms with Crippen molar-refractivity contribution in [3.05, 3.63) is 77.6 Å². The molecular weight excluding hydrogens is 445 g/mol. The number of aryl methyl sites for hydroxylation is 1. The zero-order chi connectivity index (χ0) is 25.0. The lowest BCUT2D eigenvalue weighted by Gasteiger charge is -2.11. The van der Waals surface area contributed by atoms with Gasteiger partial charge in [-0.3, -0.25) is 0 Å². The predicted octanol–water partition coefficient (Wildman–Crippen LogP) is 9.91. The molecule has 0 heterocycles. The van der Waals surface area contributed by atoms with E-state index in [-0.39, 0.29) is 17.1 Å². The summed E-state index contributed by atoms with van der Waals surface area (Å²) in [5.74, 6) is -2.13. The summed E-state index contributed by atoms with van der Waals surface area (Å²) in [6, 6.07) is 15.4. The lowest BCUT2D eigenvalue weighted by molar-refractivity contribution is 0.285. The van der Waals surface area contributed by atoms with Gasteiger partial charge in [0.1, 0.15) is 5.82 Å². The fraction of sp³-hybridized carbons (Fsp3) is 0.419. The number of ether oxygens (including phenoxy) is 1. The summed E-state index contributed by atoms with van der Waals surface area (Å²) in [6.45, 7) is 4.68. The summed E-state index contributed by atoms with van der Waals surface area (Å²) in [4.78, 5) is 0. The molecule has 3 aromatic rings. The Bertz CT molecular complexity index is 1060. The minimum absolute atomic E-state index is 0.0501. The average Bonchev–Trinajstić information content (AvgIpc) is 2.87. The maximum absolute atomic E-state index is 14.8. The Hall–Kier alpha value is -2.75. The Kier molecular flexibility index (Phi) is 10.7. The quantitative estimate of drug-likeness (QED) is 0.208. The van der Waals surface area contributed by atoms with Gasteiger partial charge in [0.25, 0.3) is 0 Å². The van der Waals surface area contributed by atoms with Crippen molar-refractivity contribution in [3.63, 3.8) is 0 Å². The van der Waals surface area contributed by atoms with Gasteiger partial charge in [-0.25, -0.2) is 8.78 Å². The van der Waals surface area contributed by atoms with E-state index in [1.807, 2.05) is 12.1 Å². The summed E-state index contributed by atoms with van der Waals surface area (Å²) in [5, 5.41) is 0. The van der Waals surface area contributed by atoms with Crippen molar-refractivity contribution in [1.82, 2.24) is 0 Å². The van der Waals surface area contributed by atoms with Crippen LogP contribution >= 0.6 is 0 Å². The van der Waals surface area contributed by atoms with Crippen LogP contribution in [0.3, 0.4) is 0 Å². The van der Waals surface area contributed by atoms with E-state index < -0.39 is 11.6 Å². The van der Waals surface area contributed by atoms with Crippen LogP contribution in [0.5, 0.6) is 5.75 Å². The second-order valence-electron chi connectivity index (χ2n) is 9.20. The molecule has 0 fully saturated rings. The zero-order valence-corrected chi connectivity index (χ0v) is 21.0. The van der Waals surface area contributed by atoms with Gasteiger partial charge in [0.2, 0.25) is 5.82 Å². The molecule has 0 atom stereocenters. The van der Waals surface area contributed by atoms with E-state index in [4.69, 9.17) is 4.74 Å². The SMILES string of the molecule is CCCCCCCCOc1ccc(-c2ccc(-c3ccc(CCCCC)c(F)c3)cc2)c(F)c1F. The molecule has 0 unspecified atom stereocenters. The molecule has 0 aliphatic carbocycles. The standard InChI is InChI=1S/C31H37F3O/c1-3-5-7-8-9-11-21-35-29-20-19-27(30(33)31(29)34)24-15-13-23(14-16-24)26-18-17-25(28(32)22-26)12-10-6-4-2/h13-20,22H,3-12,21H2,1-2H3. The van der Waals surface area contributed by atoms with Crippen molar-refractivity contribution in [1.29, 1.82) is 0 Å². The molecule has 0 N–H and O–H groups in total. The molecule has 4 heteroatoms. The van der Waals surface area contributed by atoms with E-state index in [2.05, 4.69) is 13.8 Å². The summed E-state index contributed by atoms with van der Waals surface area (Å²) < 4.78 is 49.4. The van der Waals surface area contributed by atoms with Crippen LogP contribution in [0.15, 0.2) is 54.6 Å². The number of hydrogen-bond acceptors (Lipinski definition) is 1. The molecular formula is C31H37F3O. The molecule has 188 valence electrons. The monoisotopic (exact) mass is 482 g/mol. The maximum Gasteiger partial charge on any atom is 0.201 e. The molecule has 0 amide bonds. The molecule has 35 heavy (non-hydrogen) atoms. The largest absolute Gasteiger partial charge is 0.490 e. The van der Waals surface area contributed by atoms with Crippen molar-refractivity contribution in [2.75, 3.05) is 6.61 Å². The Morgan fingerprint density at radius 2 is 1.23 bits per heavy atom. The molecule has 0 saturated carbocycles. The highest BCUT2D eigenvalue weighted by Gasteiger charge is 2.16. The predicted molar refractivity (Wildman–Crippen MR) is 139 cm³/mol. The lowest BCUT2D eigenvalue weighted by atomic mass is 9.98. The smallest absolute Gasteiger partial charge is 0.201 e. The first-order valence-electron chi connectivity index (χ1n) is 13.0. The van der Waals surface area contributed by atoms with Crippen LogP contribution in [0, 0.1) is 17.5 Å². The third kappa shape index (κ3) is 7.62. The zero-order valence-electron chi connectivity index (χ0n) is 21.0. The molecule has 0 spiro atoms. The van der Waals surface area contributed by atoms with Crippen LogP contribution in [-0.2, 0) is 6.42 Å². The van der Waals surface area contributed by atoms with Crippen LogP contribution in [0.4, 0.5) is 13.2 Å². The molecule has 0 aliphatic rings. The first-order valence-corrected chi connectivity index (χ1v) is 13.0. The van der Waals surface area contributed by atoms with E-state index in [1.54, 1.807) is 36.4 Å². The Labute approximate surface area is 208 Å². The highest BCUT2D eigenvalue weighted by Crippen LogP contribution is 2.32. The normalized spacial score (nSPS) is 11.1. The lowest BCUT2D eigenvalue weighted by Crippen LogP contribution is -2.01. The summed E-state index contributed by atoms with van der Waals surface area (Å²) in [5.41, 5.74) is 3.06. The third-order valence-corrected chi connectivity index (χ3v) is 6.43. The molecule has 0 radical (unpaired) electrons. The van der Waals surface area contributed by atoms with Gasteiger partial charge in [-0.15, -0.1) is 0 Å². The fourth-order valence-electron chi connectivity index (χ4n) is 4.27. The van der Waals surface area contributed by atoms with Gasteiger partial charge in [-0.1, -0.05) is 95.2 Å². The van der Waals surface area contributed by atoms with E-state index in [9.17, 15) is 13.2 Å². The first-order chi connectivity index (χ1) is 17.0. The summed E-state index contributed by atoms with van der Waals surface area (Å²) in [7, 11) is 0. The molecule has 1 nitrogen and oxygen atoms in total. The molecule has 3 rings (SSSR count). The second-order valence-corrected chi connectivity index (χ2v) is 9.20. The number of hydrogen-bond donors (Lipinski definition) is 0. The van der Waals surface area contributed by atoms with E-state index in [0.29, 0.717) is 12.2 Å². The molecule has 3 aromatic carbocycles. The van der Waals surface area contributed by atoms with Gasteiger partial charge in [0, 0.05) is 5.56 Å². The van der Waals surface area contributed by atoms with Crippen LogP contribution in [0.2, 0.25) is 0 Å². The van der Waals surface area contributed by atoms with Gasteiger partial charge in [-0.05, 0) is 59.7 Å². The highest BCUT2D eigenvalue weighted by molar-refractivity contribution is 5.71. The third-order valence-electron chi connectivity index (χ3n) is 6.43.